The lowest BCUT2D eigenvalue weighted by Gasteiger charge is -2.31. The number of hydrogen-bond donors (Lipinski definition) is 2. The third-order valence-electron chi connectivity index (χ3n) is 4.73. The third-order valence-corrected chi connectivity index (χ3v) is 4.73. The van der Waals surface area contributed by atoms with Crippen LogP contribution in [0, 0.1) is 5.92 Å². The van der Waals surface area contributed by atoms with Crippen LogP contribution in [0.15, 0.2) is 30.3 Å². The van der Waals surface area contributed by atoms with Crippen molar-refractivity contribution in [1.82, 2.24) is 5.32 Å². The highest BCUT2D eigenvalue weighted by Gasteiger charge is 2.27. The van der Waals surface area contributed by atoms with E-state index in [0.717, 1.165) is 12.0 Å². The lowest BCUT2D eigenvalue weighted by Crippen LogP contribution is -2.47. The molecule has 2 rings (SSSR count). The molecule has 0 aliphatic heterocycles. The minimum atomic E-state index is -0.0659. The van der Waals surface area contributed by atoms with E-state index in [1.807, 2.05) is 30.3 Å². The van der Waals surface area contributed by atoms with Crippen LogP contribution in [0.1, 0.15) is 56.9 Å². The Bertz CT molecular complexity index is 432. The third kappa shape index (κ3) is 4.99. The number of rotatable bonds is 6. The summed E-state index contributed by atoms with van der Waals surface area (Å²) in [7, 11) is 0. The molecule has 1 aliphatic carbocycles. The second-order valence-corrected chi connectivity index (χ2v) is 6.12. The van der Waals surface area contributed by atoms with Gasteiger partial charge in [0.25, 0.3) is 0 Å². The van der Waals surface area contributed by atoms with Gasteiger partial charge in [0.05, 0.1) is 5.92 Å². The Morgan fingerprint density at radius 3 is 2.41 bits per heavy atom. The molecule has 0 radical (unpaired) electrons. The van der Waals surface area contributed by atoms with Gasteiger partial charge in [-0.1, -0.05) is 56.5 Å². The maximum Gasteiger partial charge on any atom is 0.227 e. The van der Waals surface area contributed by atoms with E-state index in [9.17, 15) is 4.79 Å². The summed E-state index contributed by atoms with van der Waals surface area (Å²) >= 11 is 0. The van der Waals surface area contributed by atoms with E-state index in [1.165, 1.54) is 32.1 Å². The number of hydrogen-bond acceptors (Lipinski definition) is 2. The van der Waals surface area contributed by atoms with Crippen molar-refractivity contribution < 1.29 is 4.79 Å². The van der Waals surface area contributed by atoms with Gasteiger partial charge in [-0.25, -0.2) is 0 Å². The van der Waals surface area contributed by atoms with Crippen molar-refractivity contribution in [2.45, 2.75) is 57.4 Å². The topological polar surface area (TPSA) is 55.1 Å². The molecular weight excluding hydrogens is 296 g/mol. The van der Waals surface area contributed by atoms with Gasteiger partial charge in [-0.2, -0.15) is 0 Å². The highest BCUT2D eigenvalue weighted by Crippen LogP contribution is 2.27. The van der Waals surface area contributed by atoms with Crippen LogP contribution in [0.4, 0.5) is 0 Å². The molecule has 1 amide bonds. The molecule has 0 spiro atoms. The molecule has 124 valence electrons. The summed E-state index contributed by atoms with van der Waals surface area (Å²) < 4.78 is 0. The molecule has 0 aromatic heterocycles. The lowest BCUT2D eigenvalue weighted by molar-refractivity contribution is -0.123. The number of benzene rings is 1. The van der Waals surface area contributed by atoms with Gasteiger partial charge < -0.3 is 11.1 Å². The van der Waals surface area contributed by atoms with Crippen LogP contribution in [-0.4, -0.2) is 18.5 Å². The Hall–Kier alpha value is -1.06. The van der Waals surface area contributed by atoms with Gasteiger partial charge in [0.15, 0.2) is 0 Å². The van der Waals surface area contributed by atoms with E-state index < -0.39 is 0 Å². The molecular formula is C18H29ClN2O. The zero-order valence-corrected chi connectivity index (χ0v) is 14.3. The van der Waals surface area contributed by atoms with Crippen molar-refractivity contribution in [2.24, 2.45) is 11.7 Å². The highest BCUT2D eigenvalue weighted by atomic mass is 35.5. The molecule has 1 saturated carbocycles. The summed E-state index contributed by atoms with van der Waals surface area (Å²) in [6.45, 7) is 2.61. The van der Waals surface area contributed by atoms with Crippen molar-refractivity contribution in [3.63, 3.8) is 0 Å². The van der Waals surface area contributed by atoms with Crippen LogP contribution < -0.4 is 11.1 Å². The molecule has 2 atom stereocenters. The number of amides is 1. The van der Waals surface area contributed by atoms with E-state index in [1.54, 1.807) is 0 Å². The number of carbonyl (C=O) groups excluding carboxylic acids is 1. The fourth-order valence-electron chi connectivity index (χ4n) is 3.45. The summed E-state index contributed by atoms with van der Waals surface area (Å²) in [5.74, 6) is 0.620. The predicted octanol–water partition coefficient (Wildman–Crippen LogP) is 3.63. The molecule has 4 heteroatoms. The first-order valence-electron chi connectivity index (χ1n) is 8.31. The normalized spacial score (nSPS) is 18.1. The molecule has 2 unspecified atom stereocenters. The first-order valence-corrected chi connectivity index (χ1v) is 8.31. The smallest absolute Gasteiger partial charge is 0.227 e. The summed E-state index contributed by atoms with van der Waals surface area (Å²) in [5, 5.41) is 3.22. The molecule has 0 bridgehead atoms. The van der Waals surface area contributed by atoms with Crippen LogP contribution in [0.2, 0.25) is 0 Å². The van der Waals surface area contributed by atoms with E-state index in [2.05, 4.69) is 12.2 Å². The van der Waals surface area contributed by atoms with Crippen molar-refractivity contribution in [3.8, 4) is 0 Å². The maximum atomic E-state index is 12.6. The van der Waals surface area contributed by atoms with Crippen LogP contribution in [-0.2, 0) is 4.79 Å². The van der Waals surface area contributed by atoms with Crippen molar-refractivity contribution in [1.29, 1.82) is 0 Å². The van der Waals surface area contributed by atoms with Crippen LogP contribution in [0.5, 0.6) is 0 Å². The summed E-state index contributed by atoms with van der Waals surface area (Å²) in [6.07, 6.45) is 7.08. The van der Waals surface area contributed by atoms with Gasteiger partial charge in [0.2, 0.25) is 5.91 Å². The Kier molecular flexibility index (Phi) is 8.51. The number of nitrogens with two attached hydrogens (primary N) is 1. The van der Waals surface area contributed by atoms with Crippen LogP contribution in [0.25, 0.3) is 0 Å². The fourth-order valence-corrected chi connectivity index (χ4v) is 3.45. The highest BCUT2D eigenvalue weighted by molar-refractivity contribution is 5.85. The predicted molar refractivity (Wildman–Crippen MR) is 94.3 cm³/mol. The molecule has 0 heterocycles. The molecule has 22 heavy (non-hydrogen) atoms. The van der Waals surface area contributed by atoms with Gasteiger partial charge in [-0.3, -0.25) is 4.79 Å². The van der Waals surface area contributed by atoms with Gasteiger partial charge in [0, 0.05) is 12.6 Å². The fraction of sp³-hybridized carbons (Fsp3) is 0.611. The minimum absolute atomic E-state index is 0. The minimum Gasteiger partial charge on any atom is -0.351 e. The molecule has 3 N–H and O–H groups in total. The monoisotopic (exact) mass is 324 g/mol. The first kappa shape index (κ1) is 19.0. The average molecular weight is 325 g/mol. The molecule has 0 saturated heterocycles. The van der Waals surface area contributed by atoms with Gasteiger partial charge in [-0.15, -0.1) is 12.4 Å². The average Bonchev–Trinajstić information content (AvgIpc) is 2.55. The quantitative estimate of drug-likeness (QED) is 0.839. The molecule has 3 nitrogen and oxygen atoms in total. The van der Waals surface area contributed by atoms with Gasteiger partial charge >= 0.3 is 0 Å². The van der Waals surface area contributed by atoms with E-state index >= 15 is 0 Å². The van der Waals surface area contributed by atoms with E-state index in [0.29, 0.717) is 12.5 Å². The standard InChI is InChI=1S/C18H28N2O.ClH/c1-2-16(14-9-5-3-6-10-14)18(21)20-17(13-19)15-11-7-4-8-12-15;/h3,5-6,9-10,15-17H,2,4,7-8,11-13,19H2,1H3,(H,20,21);1H. The van der Waals surface area contributed by atoms with Crippen molar-refractivity contribution >= 4 is 18.3 Å². The molecule has 1 aromatic rings. The Balaban J connectivity index is 0.00000242. The van der Waals surface area contributed by atoms with E-state index in [4.69, 9.17) is 5.73 Å². The number of carbonyl (C=O) groups is 1. The van der Waals surface area contributed by atoms with E-state index in [-0.39, 0.29) is 30.3 Å². The molecule has 1 aromatic carbocycles. The van der Waals surface area contributed by atoms with Crippen molar-refractivity contribution in [3.05, 3.63) is 35.9 Å². The molecule has 1 aliphatic rings. The zero-order valence-electron chi connectivity index (χ0n) is 13.5. The number of halogens is 1. The zero-order chi connectivity index (χ0) is 15.1. The largest absolute Gasteiger partial charge is 0.351 e. The SMILES string of the molecule is CCC(C(=O)NC(CN)C1CCCCC1)c1ccccc1.Cl. The van der Waals surface area contributed by atoms with Gasteiger partial charge in [0.1, 0.15) is 0 Å². The second kappa shape index (κ2) is 9.86. The maximum absolute atomic E-state index is 12.6. The Morgan fingerprint density at radius 2 is 1.86 bits per heavy atom. The van der Waals surface area contributed by atoms with Crippen LogP contribution >= 0.6 is 12.4 Å². The number of nitrogens with one attached hydrogen (secondary N) is 1. The van der Waals surface area contributed by atoms with Gasteiger partial charge in [-0.05, 0) is 30.7 Å². The first-order chi connectivity index (χ1) is 10.3. The van der Waals surface area contributed by atoms with Crippen molar-refractivity contribution in [2.75, 3.05) is 6.54 Å². The van der Waals surface area contributed by atoms with Crippen LogP contribution in [0.3, 0.4) is 0 Å². The Labute approximate surface area is 140 Å². The lowest BCUT2D eigenvalue weighted by atomic mass is 9.83. The molecule has 1 fully saturated rings. The Morgan fingerprint density at radius 1 is 1.23 bits per heavy atom. The second-order valence-electron chi connectivity index (χ2n) is 6.12. The summed E-state index contributed by atoms with van der Waals surface area (Å²) in [6, 6.07) is 10.2. The summed E-state index contributed by atoms with van der Waals surface area (Å²) in [5.41, 5.74) is 7.01. The summed E-state index contributed by atoms with van der Waals surface area (Å²) in [4.78, 5) is 12.6.